The first kappa shape index (κ1) is 12.5. The first-order chi connectivity index (χ1) is 6.91. The van der Waals surface area contributed by atoms with Gasteiger partial charge in [-0.3, -0.25) is 0 Å². The lowest BCUT2D eigenvalue weighted by atomic mass is 10.1. The van der Waals surface area contributed by atoms with E-state index in [2.05, 4.69) is 15.9 Å². The van der Waals surface area contributed by atoms with E-state index in [-0.39, 0.29) is 20.5 Å². The molecule has 0 bridgehead atoms. The second kappa shape index (κ2) is 4.49. The molecule has 0 aromatic heterocycles. The molecule has 7 heteroatoms. The summed E-state index contributed by atoms with van der Waals surface area (Å²) >= 11 is 3.04. The predicted octanol–water partition coefficient (Wildman–Crippen LogP) is 1.74. The molecule has 4 nitrogen and oxygen atoms in total. The van der Waals surface area contributed by atoms with E-state index in [9.17, 15) is 8.42 Å². The molecule has 1 N–H and O–H groups in total. The Labute approximate surface area is 99.6 Å². The minimum atomic E-state index is -3.92. The van der Waals surface area contributed by atoms with Gasteiger partial charge in [0.1, 0.15) is 6.07 Å². The number of aliphatic hydroxyl groups is 1. The van der Waals surface area contributed by atoms with Gasteiger partial charge in [-0.2, -0.15) is 5.26 Å². The predicted molar refractivity (Wildman–Crippen MR) is 57.8 cm³/mol. The maximum Gasteiger partial charge on any atom is 0.261 e. The third-order valence-electron chi connectivity index (χ3n) is 1.74. The van der Waals surface area contributed by atoms with Gasteiger partial charge in [0.15, 0.2) is 0 Å². The minimum absolute atomic E-state index is 0.0871. The fourth-order valence-electron chi connectivity index (χ4n) is 1.07. The summed E-state index contributed by atoms with van der Waals surface area (Å²) in [6.45, 7) is -0.516. The molecule has 15 heavy (non-hydrogen) atoms. The molecule has 0 spiro atoms. The van der Waals surface area contributed by atoms with Crippen LogP contribution in [-0.4, -0.2) is 13.5 Å². The van der Waals surface area contributed by atoms with Gasteiger partial charge in [0.2, 0.25) is 0 Å². The Bertz CT molecular complexity index is 536. The summed E-state index contributed by atoms with van der Waals surface area (Å²) in [5.41, 5.74) is 0.326. The molecule has 0 unspecified atom stereocenters. The molecule has 0 atom stereocenters. The highest BCUT2D eigenvalue weighted by molar-refractivity contribution is 9.10. The van der Waals surface area contributed by atoms with E-state index in [1.54, 1.807) is 0 Å². The zero-order valence-electron chi connectivity index (χ0n) is 7.24. The van der Waals surface area contributed by atoms with E-state index in [0.29, 0.717) is 0 Å². The number of halogens is 2. The molecule has 0 radical (unpaired) electrons. The maximum absolute atomic E-state index is 11.1. The number of nitrogens with zero attached hydrogens (tertiary/aromatic N) is 1. The summed E-state index contributed by atoms with van der Waals surface area (Å²) in [6, 6.07) is 4.36. The quantitative estimate of drug-likeness (QED) is 0.844. The van der Waals surface area contributed by atoms with Gasteiger partial charge in [-0.1, -0.05) is 0 Å². The number of aliphatic hydroxyl groups excluding tert-OH is 1. The first-order valence-electron chi connectivity index (χ1n) is 3.68. The average Bonchev–Trinajstić information content (AvgIpc) is 2.15. The molecule has 0 aliphatic rings. The molecule has 0 saturated heterocycles. The smallest absolute Gasteiger partial charge is 0.261 e. The van der Waals surface area contributed by atoms with Gasteiger partial charge in [-0.25, -0.2) is 8.42 Å². The lowest BCUT2D eigenvalue weighted by molar-refractivity contribution is 0.277. The highest BCUT2D eigenvalue weighted by Crippen LogP contribution is 2.29. The SMILES string of the molecule is N#Cc1ccc(S(=O)(=O)Cl)c(CO)c1Br. The van der Waals surface area contributed by atoms with Crippen molar-refractivity contribution >= 4 is 35.7 Å². The summed E-state index contributed by atoms with van der Waals surface area (Å²) in [5, 5.41) is 17.7. The normalized spacial score (nSPS) is 11.1. The van der Waals surface area contributed by atoms with Crippen LogP contribution in [0.3, 0.4) is 0 Å². The van der Waals surface area contributed by atoms with E-state index in [1.165, 1.54) is 12.1 Å². The summed E-state index contributed by atoms with van der Waals surface area (Å²) in [5.74, 6) is 0. The Kier molecular flexibility index (Phi) is 3.73. The fraction of sp³-hybridized carbons (Fsp3) is 0.125. The van der Waals surface area contributed by atoms with E-state index in [0.717, 1.165) is 0 Å². The van der Waals surface area contributed by atoms with Gasteiger partial charge in [-0.05, 0) is 28.1 Å². The van der Waals surface area contributed by atoms with Crippen molar-refractivity contribution in [1.82, 2.24) is 0 Å². The van der Waals surface area contributed by atoms with Crippen LogP contribution >= 0.6 is 26.6 Å². The number of hydrogen-bond donors (Lipinski definition) is 1. The molecule has 0 aliphatic carbocycles. The summed E-state index contributed by atoms with van der Waals surface area (Å²) in [6.07, 6.45) is 0. The highest BCUT2D eigenvalue weighted by atomic mass is 79.9. The molecule has 0 aliphatic heterocycles. The van der Waals surface area contributed by atoms with E-state index < -0.39 is 15.7 Å². The Hall–Kier alpha value is -0.610. The van der Waals surface area contributed by atoms with Crippen LogP contribution in [0, 0.1) is 11.3 Å². The number of rotatable bonds is 2. The molecule has 0 saturated carbocycles. The largest absolute Gasteiger partial charge is 0.392 e. The molecule has 0 fully saturated rings. The second-order valence-corrected chi connectivity index (χ2v) is 5.94. The molecule has 1 rings (SSSR count). The van der Waals surface area contributed by atoms with Crippen LogP contribution in [0.15, 0.2) is 21.5 Å². The number of benzene rings is 1. The van der Waals surface area contributed by atoms with Gasteiger partial charge < -0.3 is 5.11 Å². The van der Waals surface area contributed by atoms with E-state index in [4.69, 9.17) is 21.1 Å². The highest BCUT2D eigenvalue weighted by Gasteiger charge is 2.19. The zero-order valence-corrected chi connectivity index (χ0v) is 10.4. The fourth-order valence-corrected chi connectivity index (χ4v) is 2.88. The van der Waals surface area contributed by atoms with Crippen LogP contribution in [0.25, 0.3) is 0 Å². The van der Waals surface area contributed by atoms with Gasteiger partial charge >= 0.3 is 0 Å². The van der Waals surface area contributed by atoms with Crippen molar-refractivity contribution in [2.45, 2.75) is 11.5 Å². The lowest BCUT2D eigenvalue weighted by Crippen LogP contribution is -2.00. The Morgan fingerprint density at radius 1 is 1.53 bits per heavy atom. The second-order valence-electron chi connectivity index (χ2n) is 2.61. The van der Waals surface area contributed by atoms with Crippen LogP contribution < -0.4 is 0 Å². The van der Waals surface area contributed by atoms with Crippen LogP contribution in [0.4, 0.5) is 0 Å². The van der Waals surface area contributed by atoms with Crippen molar-refractivity contribution in [3.8, 4) is 6.07 Å². The lowest BCUT2D eigenvalue weighted by Gasteiger charge is -2.07. The molecule has 0 heterocycles. The third kappa shape index (κ3) is 2.49. The van der Waals surface area contributed by atoms with Gasteiger partial charge in [-0.15, -0.1) is 0 Å². The average molecular weight is 311 g/mol. The maximum atomic E-state index is 11.1. The van der Waals surface area contributed by atoms with Crippen molar-refractivity contribution in [3.63, 3.8) is 0 Å². The van der Waals surface area contributed by atoms with Crippen LogP contribution in [0.2, 0.25) is 0 Å². The van der Waals surface area contributed by atoms with Crippen LogP contribution in [-0.2, 0) is 15.7 Å². The van der Waals surface area contributed by atoms with Crippen molar-refractivity contribution in [3.05, 3.63) is 27.7 Å². The van der Waals surface area contributed by atoms with Crippen molar-refractivity contribution in [2.75, 3.05) is 0 Å². The van der Waals surface area contributed by atoms with Crippen LogP contribution in [0.1, 0.15) is 11.1 Å². The summed E-state index contributed by atoms with van der Waals surface area (Å²) < 4.78 is 22.5. The van der Waals surface area contributed by atoms with Crippen molar-refractivity contribution in [1.29, 1.82) is 5.26 Å². The van der Waals surface area contributed by atoms with E-state index in [1.807, 2.05) is 6.07 Å². The topological polar surface area (TPSA) is 78.2 Å². The molecule has 80 valence electrons. The summed E-state index contributed by atoms with van der Waals surface area (Å²) in [4.78, 5) is -0.197. The Balaban J connectivity index is 3.61. The first-order valence-corrected chi connectivity index (χ1v) is 6.79. The number of nitriles is 1. The van der Waals surface area contributed by atoms with Gasteiger partial charge in [0, 0.05) is 20.7 Å². The van der Waals surface area contributed by atoms with Gasteiger partial charge in [0.05, 0.1) is 17.1 Å². The molecule has 1 aromatic rings. The zero-order chi connectivity index (χ0) is 11.6. The molecule has 1 aromatic carbocycles. The van der Waals surface area contributed by atoms with Crippen molar-refractivity contribution in [2.24, 2.45) is 0 Å². The monoisotopic (exact) mass is 309 g/mol. The minimum Gasteiger partial charge on any atom is -0.392 e. The summed E-state index contributed by atoms with van der Waals surface area (Å²) in [7, 11) is 1.25. The number of hydrogen-bond acceptors (Lipinski definition) is 4. The third-order valence-corrected chi connectivity index (χ3v) is 4.05. The van der Waals surface area contributed by atoms with Crippen molar-refractivity contribution < 1.29 is 13.5 Å². The van der Waals surface area contributed by atoms with Gasteiger partial charge in [0.25, 0.3) is 9.05 Å². The Morgan fingerprint density at radius 2 is 2.13 bits per heavy atom. The standard InChI is InChI=1S/C8H5BrClNO3S/c9-8-5(3-11)1-2-7(6(8)4-12)15(10,13)14/h1-2,12H,4H2. The molecular weight excluding hydrogens is 306 g/mol. The molecular formula is C8H5BrClNO3S. The Morgan fingerprint density at radius 3 is 2.53 bits per heavy atom. The van der Waals surface area contributed by atoms with Crippen LogP contribution in [0.5, 0.6) is 0 Å². The molecule has 0 amide bonds. The van der Waals surface area contributed by atoms with E-state index >= 15 is 0 Å².